The Morgan fingerprint density at radius 3 is 2.41 bits per heavy atom. The molecule has 1 heterocycles. The molecule has 0 bridgehead atoms. The lowest BCUT2D eigenvalue weighted by Crippen LogP contribution is -2.45. The van der Waals surface area contributed by atoms with Crippen LogP contribution in [0.15, 0.2) is 65.9 Å². The third-order valence-electron chi connectivity index (χ3n) is 3.98. The number of urea groups is 1. The van der Waals surface area contributed by atoms with Gasteiger partial charge < -0.3 is 20.7 Å². The highest BCUT2D eigenvalue weighted by Gasteiger charge is 2.31. The lowest BCUT2D eigenvalue weighted by Gasteiger charge is -2.28. The van der Waals surface area contributed by atoms with Gasteiger partial charge in [0.05, 0.1) is 11.6 Å². The number of rotatable bonds is 5. The third-order valence-corrected chi connectivity index (χ3v) is 3.98. The topological polar surface area (TPSA) is 79.5 Å². The molecule has 3 amide bonds. The van der Waals surface area contributed by atoms with E-state index in [4.69, 9.17) is 0 Å². The Labute approximate surface area is 154 Å². The first kappa shape index (κ1) is 18.4. The van der Waals surface area contributed by atoms with Gasteiger partial charge >= 0.3 is 12.6 Å². The average molecular weight is 373 g/mol. The fourth-order valence-corrected chi connectivity index (χ4v) is 2.81. The van der Waals surface area contributed by atoms with E-state index >= 15 is 0 Å². The van der Waals surface area contributed by atoms with Crippen LogP contribution in [0.25, 0.3) is 0 Å². The van der Waals surface area contributed by atoms with Crippen molar-refractivity contribution in [2.24, 2.45) is 0 Å². The van der Waals surface area contributed by atoms with E-state index in [-0.39, 0.29) is 11.7 Å². The van der Waals surface area contributed by atoms with Crippen molar-refractivity contribution in [2.45, 2.75) is 19.6 Å². The summed E-state index contributed by atoms with van der Waals surface area (Å²) in [4.78, 5) is 24.7. The highest BCUT2D eigenvalue weighted by Crippen LogP contribution is 2.29. The van der Waals surface area contributed by atoms with Crippen LogP contribution < -0.4 is 20.7 Å². The Hall–Kier alpha value is -3.42. The summed E-state index contributed by atoms with van der Waals surface area (Å²) >= 11 is 0. The van der Waals surface area contributed by atoms with Gasteiger partial charge in [-0.25, -0.2) is 4.79 Å². The maximum Gasteiger partial charge on any atom is 0.387 e. The zero-order chi connectivity index (χ0) is 19.4. The van der Waals surface area contributed by atoms with Crippen molar-refractivity contribution in [3.05, 3.63) is 71.4 Å². The maximum absolute atomic E-state index is 12.8. The molecule has 0 radical (unpaired) electrons. The fourth-order valence-electron chi connectivity index (χ4n) is 2.81. The van der Waals surface area contributed by atoms with E-state index < -0.39 is 18.7 Å². The number of benzene rings is 2. The number of para-hydroxylation sites is 1. The third kappa shape index (κ3) is 4.41. The molecular formula is C19H17F2N3O3. The van der Waals surface area contributed by atoms with Gasteiger partial charge in [-0.05, 0) is 36.8 Å². The van der Waals surface area contributed by atoms with Crippen LogP contribution in [-0.4, -0.2) is 18.5 Å². The molecule has 3 rings (SSSR count). The molecule has 0 aliphatic carbocycles. The molecule has 2 aromatic carbocycles. The van der Waals surface area contributed by atoms with Gasteiger partial charge in [0.15, 0.2) is 0 Å². The van der Waals surface area contributed by atoms with Gasteiger partial charge in [0.25, 0.3) is 5.91 Å². The lowest BCUT2D eigenvalue weighted by atomic mass is 9.94. The molecule has 6 nitrogen and oxygen atoms in total. The highest BCUT2D eigenvalue weighted by molar-refractivity contribution is 6.06. The van der Waals surface area contributed by atoms with Crippen LogP contribution >= 0.6 is 0 Å². The second-order valence-corrected chi connectivity index (χ2v) is 5.84. The van der Waals surface area contributed by atoms with Crippen molar-refractivity contribution < 1.29 is 23.1 Å². The number of halogens is 2. The van der Waals surface area contributed by atoms with E-state index in [9.17, 15) is 18.4 Å². The Morgan fingerprint density at radius 2 is 1.78 bits per heavy atom. The van der Waals surface area contributed by atoms with Crippen molar-refractivity contribution >= 4 is 17.6 Å². The Bertz CT molecular complexity index is 868. The van der Waals surface area contributed by atoms with Gasteiger partial charge in [0.2, 0.25) is 0 Å². The second-order valence-electron chi connectivity index (χ2n) is 5.84. The summed E-state index contributed by atoms with van der Waals surface area (Å²) in [5.74, 6) is -0.394. The van der Waals surface area contributed by atoms with Crippen LogP contribution in [0.2, 0.25) is 0 Å². The van der Waals surface area contributed by atoms with Gasteiger partial charge in [-0.1, -0.05) is 30.3 Å². The molecule has 3 N–H and O–H groups in total. The number of hydrogen-bond donors (Lipinski definition) is 3. The molecule has 0 unspecified atom stereocenters. The molecule has 0 saturated carbocycles. The molecule has 8 heteroatoms. The first-order chi connectivity index (χ1) is 12.9. The van der Waals surface area contributed by atoms with Crippen molar-refractivity contribution in [3.8, 4) is 5.75 Å². The Balaban J connectivity index is 1.88. The minimum atomic E-state index is -2.93. The van der Waals surface area contributed by atoms with Crippen molar-refractivity contribution in [3.63, 3.8) is 0 Å². The Morgan fingerprint density at radius 1 is 1.11 bits per heavy atom. The van der Waals surface area contributed by atoms with Crippen LogP contribution in [0.3, 0.4) is 0 Å². The molecule has 0 saturated heterocycles. The summed E-state index contributed by atoms with van der Waals surface area (Å²) < 4.78 is 28.9. The molecule has 1 aliphatic rings. The molecular weight excluding hydrogens is 356 g/mol. The zero-order valence-electron chi connectivity index (χ0n) is 14.3. The van der Waals surface area contributed by atoms with Crippen molar-refractivity contribution in [1.29, 1.82) is 0 Å². The second kappa shape index (κ2) is 7.86. The summed E-state index contributed by atoms with van der Waals surface area (Å²) in [6, 6.07) is 13.5. The molecule has 1 atom stereocenters. The van der Waals surface area contributed by atoms with Gasteiger partial charge in [-0.3, -0.25) is 4.79 Å². The summed E-state index contributed by atoms with van der Waals surface area (Å²) in [5.41, 5.74) is 1.90. The van der Waals surface area contributed by atoms with Gasteiger partial charge in [0.1, 0.15) is 5.75 Å². The number of carbonyl (C=O) groups excluding carboxylic acids is 2. The van der Waals surface area contributed by atoms with E-state index in [2.05, 4.69) is 20.7 Å². The largest absolute Gasteiger partial charge is 0.435 e. The maximum atomic E-state index is 12.8. The summed E-state index contributed by atoms with van der Waals surface area (Å²) in [6.45, 7) is -1.30. The predicted molar refractivity (Wildman–Crippen MR) is 95.3 cm³/mol. The number of hydrogen-bond acceptors (Lipinski definition) is 3. The fraction of sp³-hybridized carbons (Fsp3) is 0.158. The van der Waals surface area contributed by atoms with Gasteiger partial charge in [-0.15, -0.1) is 0 Å². The van der Waals surface area contributed by atoms with Crippen LogP contribution in [-0.2, 0) is 4.79 Å². The van der Waals surface area contributed by atoms with E-state index in [1.54, 1.807) is 31.2 Å². The first-order valence-electron chi connectivity index (χ1n) is 8.13. The van der Waals surface area contributed by atoms with Gasteiger partial charge in [-0.2, -0.15) is 8.78 Å². The minimum Gasteiger partial charge on any atom is -0.435 e. The van der Waals surface area contributed by atoms with E-state index in [1.807, 2.05) is 6.07 Å². The minimum absolute atomic E-state index is 0.00926. The van der Waals surface area contributed by atoms with Crippen LogP contribution in [0.5, 0.6) is 5.75 Å². The lowest BCUT2D eigenvalue weighted by molar-refractivity contribution is -0.113. The molecule has 1 aliphatic heterocycles. The summed E-state index contributed by atoms with van der Waals surface area (Å²) in [6.07, 6.45) is 0. The number of amides is 3. The first-order valence-corrected chi connectivity index (χ1v) is 8.13. The van der Waals surface area contributed by atoms with Crippen LogP contribution in [0.1, 0.15) is 18.5 Å². The number of carbonyl (C=O) groups is 2. The molecule has 0 fully saturated rings. The molecule has 140 valence electrons. The number of ether oxygens (including phenoxy) is 1. The summed E-state index contributed by atoms with van der Waals surface area (Å²) in [5, 5.41) is 8.04. The predicted octanol–water partition coefficient (Wildman–Crippen LogP) is 3.55. The standard InChI is InChI=1S/C19H17F2N3O3/c1-11-15(17(25)23-13-5-3-2-4-6-13)16(24-19(26)22-11)12-7-9-14(10-8-12)27-18(20)21/h2-10,16,18H,1H3,(H,23,25)(H2,22,24,26)/t16-/m0/s1. The molecule has 0 spiro atoms. The van der Waals surface area contributed by atoms with Gasteiger partial charge in [0, 0.05) is 11.4 Å². The number of anilines is 1. The van der Waals surface area contributed by atoms with E-state index in [0.717, 1.165) is 0 Å². The van der Waals surface area contributed by atoms with E-state index in [1.165, 1.54) is 24.3 Å². The number of allylic oxidation sites excluding steroid dienone is 1. The number of nitrogens with one attached hydrogen (secondary N) is 3. The van der Waals surface area contributed by atoms with Crippen LogP contribution in [0.4, 0.5) is 19.3 Å². The SMILES string of the molecule is CC1=C(C(=O)Nc2ccccc2)[C@H](c2ccc(OC(F)F)cc2)NC(=O)N1. The quantitative estimate of drug-likeness (QED) is 0.750. The normalized spacial score (nSPS) is 16.6. The van der Waals surface area contributed by atoms with Crippen molar-refractivity contribution in [1.82, 2.24) is 10.6 Å². The van der Waals surface area contributed by atoms with Crippen molar-refractivity contribution in [2.75, 3.05) is 5.32 Å². The number of alkyl halides is 2. The Kier molecular flexibility index (Phi) is 5.35. The average Bonchev–Trinajstić information content (AvgIpc) is 2.62. The highest BCUT2D eigenvalue weighted by atomic mass is 19.3. The van der Waals surface area contributed by atoms with Crippen LogP contribution in [0, 0.1) is 0 Å². The van der Waals surface area contributed by atoms with E-state index in [0.29, 0.717) is 22.5 Å². The molecule has 0 aromatic heterocycles. The smallest absolute Gasteiger partial charge is 0.387 e. The molecule has 2 aromatic rings. The summed E-state index contributed by atoms with van der Waals surface area (Å²) in [7, 11) is 0. The molecule has 27 heavy (non-hydrogen) atoms. The zero-order valence-corrected chi connectivity index (χ0v) is 14.3. The monoisotopic (exact) mass is 373 g/mol.